The second kappa shape index (κ2) is 6.79. The summed E-state index contributed by atoms with van der Waals surface area (Å²) in [5, 5.41) is 3.19. The van der Waals surface area contributed by atoms with Crippen LogP contribution in [0.3, 0.4) is 0 Å². The maximum absolute atomic E-state index is 13.5. The molecule has 1 aliphatic rings. The number of benzene rings is 2. The van der Waals surface area contributed by atoms with Crippen molar-refractivity contribution < 1.29 is 13.9 Å². The van der Waals surface area contributed by atoms with E-state index in [0.717, 1.165) is 16.8 Å². The predicted octanol–water partition coefficient (Wildman–Crippen LogP) is 2.65. The molecule has 0 aromatic heterocycles. The van der Waals surface area contributed by atoms with Crippen LogP contribution in [0.5, 0.6) is 0 Å². The number of nitrogens with one attached hydrogen (secondary N) is 1. The first kappa shape index (κ1) is 15.5. The van der Waals surface area contributed by atoms with Crippen LogP contribution in [0, 0.1) is 11.7 Å². The molecule has 0 saturated heterocycles. The number of carbonyl (C=O) groups excluding carboxylic acids is 1. The molecule has 0 bridgehead atoms. The first-order valence-corrected chi connectivity index (χ1v) is 7.59. The molecule has 0 saturated carbocycles. The quantitative estimate of drug-likeness (QED) is 0.861. The second-order valence-corrected chi connectivity index (χ2v) is 5.73. The summed E-state index contributed by atoms with van der Waals surface area (Å²) in [4.78, 5) is 11.8. The summed E-state index contributed by atoms with van der Waals surface area (Å²) in [7, 11) is 0. The van der Waals surface area contributed by atoms with Crippen LogP contribution in [-0.4, -0.2) is 19.1 Å². The molecular weight excluding hydrogens is 295 g/mol. The first-order valence-electron chi connectivity index (χ1n) is 7.59. The van der Waals surface area contributed by atoms with Crippen LogP contribution < -0.4 is 11.1 Å². The molecular formula is C18H19FN2O2. The molecule has 23 heavy (non-hydrogen) atoms. The van der Waals surface area contributed by atoms with Gasteiger partial charge in [0.2, 0.25) is 5.91 Å². The molecule has 1 unspecified atom stereocenters. The van der Waals surface area contributed by atoms with E-state index in [1.54, 1.807) is 6.07 Å². The number of ether oxygens (including phenoxy) is 1. The third-order valence-corrected chi connectivity index (χ3v) is 4.19. The number of nitrogens with two attached hydrogens (primary N) is 1. The van der Waals surface area contributed by atoms with E-state index in [9.17, 15) is 9.18 Å². The zero-order chi connectivity index (χ0) is 16.2. The van der Waals surface area contributed by atoms with E-state index in [2.05, 4.69) is 5.32 Å². The number of hydrogen-bond acceptors (Lipinski definition) is 3. The number of halogens is 1. The minimum atomic E-state index is -0.491. The van der Waals surface area contributed by atoms with E-state index in [-0.39, 0.29) is 18.3 Å². The lowest BCUT2D eigenvalue weighted by Crippen LogP contribution is -2.33. The molecule has 0 fully saturated rings. The van der Waals surface area contributed by atoms with Crippen molar-refractivity contribution in [2.24, 2.45) is 11.7 Å². The van der Waals surface area contributed by atoms with Crippen molar-refractivity contribution in [1.29, 1.82) is 0 Å². The highest BCUT2D eigenvalue weighted by Crippen LogP contribution is 2.37. The average Bonchev–Trinajstić information content (AvgIpc) is 2.95. The van der Waals surface area contributed by atoms with Gasteiger partial charge in [0.25, 0.3) is 0 Å². The minimum absolute atomic E-state index is 0.172. The normalized spacial score (nSPS) is 17.3. The lowest BCUT2D eigenvalue weighted by molar-refractivity contribution is -0.124. The minimum Gasteiger partial charge on any atom is -0.384 e. The zero-order valence-electron chi connectivity index (χ0n) is 12.7. The smallest absolute Gasteiger partial charge is 0.223 e. The highest BCUT2D eigenvalue weighted by Gasteiger charge is 2.33. The van der Waals surface area contributed by atoms with E-state index < -0.39 is 11.8 Å². The molecule has 3 N–H and O–H groups in total. The van der Waals surface area contributed by atoms with Crippen molar-refractivity contribution in [2.45, 2.75) is 12.5 Å². The van der Waals surface area contributed by atoms with Crippen LogP contribution in [0.1, 0.15) is 17.0 Å². The van der Waals surface area contributed by atoms with E-state index >= 15 is 0 Å². The van der Waals surface area contributed by atoms with Gasteiger partial charge in [-0.1, -0.05) is 30.3 Å². The zero-order valence-corrected chi connectivity index (χ0v) is 12.7. The average molecular weight is 314 g/mol. The number of fused-ring (bicyclic) bond motifs is 1. The number of amides is 1. The Bertz CT molecular complexity index is 691. The summed E-state index contributed by atoms with van der Waals surface area (Å²) in [6.07, 6.45) is 0. The van der Waals surface area contributed by atoms with Crippen molar-refractivity contribution in [1.82, 2.24) is 0 Å². The fraction of sp³-hybridized carbons (Fsp3) is 0.278. The molecule has 2 aromatic carbocycles. The van der Waals surface area contributed by atoms with Gasteiger partial charge < -0.3 is 15.8 Å². The summed E-state index contributed by atoms with van der Waals surface area (Å²) in [5.74, 6) is -1.41. The Kier molecular flexibility index (Phi) is 4.57. The summed E-state index contributed by atoms with van der Waals surface area (Å²) >= 11 is 0. The Morgan fingerprint density at radius 3 is 2.83 bits per heavy atom. The van der Waals surface area contributed by atoms with E-state index in [1.807, 2.05) is 30.3 Å². The molecule has 0 radical (unpaired) electrons. The van der Waals surface area contributed by atoms with Gasteiger partial charge in [0.15, 0.2) is 0 Å². The molecule has 1 heterocycles. The molecule has 3 rings (SSSR count). The van der Waals surface area contributed by atoms with Gasteiger partial charge in [-0.15, -0.1) is 0 Å². The Morgan fingerprint density at radius 1 is 1.30 bits per heavy atom. The van der Waals surface area contributed by atoms with Gasteiger partial charge in [-0.05, 0) is 29.3 Å². The highest BCUT2D eigenvalue weighted by atomic mass is 19.1. The SMILES string of the molecule is NC(=O)[C@@H](COCc1ccccc1)C1CNc2ccc(F)cc21. The van der Waals surface area contributed by atoms with E-state index in [1.165, 1.54) is 12.1 Å². The third kappa shape index (κ3) is 3.51. The number of hydrogen-bond donors (Lipinski definition) is 2. The van der Waals surface area contributed by atoms with Gasteiger partial charge in [-0.3, -0.25) is 4.79 Å². The second-order valence-electron chi connectivity index (χ2n) is 5.73. The number of carbonyl (C=O) groups is 1. The fourth-order valence-electron chi connectivity index (χ4n) is 2.96. The lowest BCUT2D eigenvalue weighted by Gasteiger charge is -2.20. The van der Waals surface area contributed by atoms with Gasteiger partial charge in [-0.25, -0.2) is 4.39 Å². The predicted molar refractivity (Wildman–Crippen MR) is 86.4 cm³/mol. The molecule has 0 aliphatic carbocycles. The van der Waals surface area contributed by atoms with E-state index in [4.69, 9.17) is 10.5 Å². The van der Waals surface area contributed by atoms with Crippen LogP contribution in [0.2, 0.25) is 0 Å². The maximum Gasteiger partial charge on any atom is 0.223 e. The van der Waals surface area contributed by atoms with Crippen molar-refractivity contribution in [3.8, 4) is 0 Å². The van der Waals surface area contributed by atoms with Gasteiger partial charge in [0.1, 0.15) is 5.82 Å². The monoisotopic (exact) mass is 314 g/mol. The first-order chi connectivity index (χ1) is 11.1. The van der Waals surface area contributed by atoms with Crippen molar-refractivity contribution in [3.63, 3.8) is 0 Å². The molecule has 4 nitrogen and oxygen atoms in total. The molecule has 5 heteroatoms. The summed E-state index contributed by atoms with van der Waals surface area (Å²) in [5.41, 5.74) is 8.23. The Morgan fingerprint density at radius 2 is 2.09 bits per heavy atom. The van der Waals surface area contributed by atoms with Crippen LogP contribution in [-0.2, 0) is 16.1 Å². The van der Waals surface area contributed by atoms with Gasteiger partial charge in [-0.2, -0.15) is 0 Å². The lowest BCUT2D eigenvalue weighted by atomic mass is 9.87. The Labute approximate surface area is 134 Å². The largest absolute Gasteiger partial charge is 0.384 e. The molecule has 120 valence electrons. The molecule has 1 aliphatic heterocycles. The van der Waals surface area contributed by atoms with Crippen molar-refractivity contribution >= 4 is 11.6 Å². The Hall–Kier alpha value is -2.40. The van der Waals surface area contributed by atoms with Crippen LogP contribution in [0.15, 0.2) is 48.5 Å². The van der Waals surface area contributed by atoms with Crippen LogP contribution in [0.25, 0.3) is 0 Å². The fourth-order valence-corrected chi connectivity index (χ4v) is 2.96. The summed E-state index contributed by atoms with van der Waals surface area (Å²) in [6, 6.07) is 14.3. The van der Waals surface area contributed by atoms with Crippen molar-refractivity contribution in [2.75, 3.05) is 18.5 Å². The van der Waals surface area contributed by atoms with Crippen molar-refractivity contribution in [3.05, 3.63) is 65.5 Å². The maximum atomic E-state index is 13.5. The van der Waals surface area contributed by atoms with Crippen LogP contribution >= 0.6 is 0 Å². The standard InChI is InChI=1S/C18H19FN2O2/c19-13-6-7-17-14(8-13)15(9-21-17)16(18(20)22)11-23-10-12-4-2-1-3-5-12/h1-8,15-16,21H,9-11H2,(H2,20,22)/t15?,16-/m0/s1. The molecule has 2 atom stereocenters. The summed E-state index contributed by atoms with van der Waals surface area (Å²) in [6.45, 7) is 1.19. The number of anilines is 1. The van der Waals surface area contributed by atoms with E-state index in [0.29, 0.717) is 13.2 Å². The van der Waals surface area contributed by atoms with Gasteiger partial charge in [0, 0.05) is 18.2 Å². The highest BCUT2D eigenvalue weighted by molar-refractivity contribution is 5.79. The van der Waals surface area contributed by atoms with Crippen LogP contribution in [0.4, 0.5) is 10.1 Å². The third-order valence-electron chi connectivity index (χ3n) is 4.19. The topological polar surface area (TPSA) is 64.4 Å². The molecule has 0 spiro atoms. The number of primary amides is 1. The van der Waals surface area contributed by atoms with Gasteiger partial charge >= 0.3 is 0 Å². The van der Waals surface area contributed by atoms with Gasteiger partial charge in [0.05, 0.1) is 19.1 Å². The Balaban J connectivity index is 1.69. The molecule has 1 amide bonds. The summed E-state index contributed by atoms with van der Waals surface area (Å²) < 4.78 is 19.2. The number of rotatable bonds is 6. The molecule has 2 aromatic rings.